The summed E-state index contributed by atoms with van der Waals surface area (Å²) in [5.74, 6) is -1.62. The fraction of sp³-hybridized carbons (Fsp3) is 0.318. The van der Waals surface area contributed by atoms with Crippen molar-refractivity contribution in [3.05, 3.63) is 59.2 Å². The number of nitrogens with zero attached hydrogens (tertiary/aromatic N) is 1. The summed E-state index contributed by atoms with van der Waals surface area (Å²) in [6, 6.07) is 13.2. The van der Waals surface area contributed by atoms with Crippen molar-refractivity contribution in [1.82, 2.24) is 0 Å². The van der Waals surface area contributed by atoms with E-state index in [2.05, 4.69) is 5.32 Å². The quantitative estimate of drug-likeness (QED) is 0.809. The number of rotatable bonds is 5. The number of ether oxygens (including phenoxy) is 1. The lowest BCUT2D eigenvalue weighted by Crippen LogP contribution is -2.28. The summed E-state index contributed by atoms with van der Waals surface area (Å²) >= 11 is 0. The van der Waals surface area contributed by atoms with Crippen LogP contribution < -0.4 is 10.2 Å². The molecule has 0 bridgehead atoms. The van der Waals surface area contributed by atoms with Gasteiger partial charge in [-0.3, -0.25) is 14.4 Å². The van der Waals surface area contributed by atoms with Gasteiger partial charge in [0.15, 0.2) is 6.61 Å². The van der Waals surface area contributed by atoms with Crippen LogP contribution in [0.15, 0.2) is 42.5 Å². The molecule has 1 atom stereocenters. The minimum Gasteiger partial charge on any atom is -0.455 e. The molecule has 28 heavy (non-hydrogen) atoms. The maximum absolute atomic E-state index is 12.3. The molecule has 146 valence electrons. The number of carbonyl (C=O) groups is 3. The summed E-state index contributed by atoms with van der Waals surface area (Å²) in [5.41, 5.74) is 4.67. The molecule has 2 aromatic rings. The van der Waals surface area contributed by atoms with Crippen LogP contribution in [-0.2, 0) is 19.1 Å². The van der Waals surface area contributed by atoms with E-state index >= 15 is 0 Å². The first-order chi connectivity index (χ1) is 13.3. The number of esters is 1. The average molecular weight is 380 g/mol. The van der Waals surface area contributed by atoms with Gasteiger partial charge in [0.25, 0.3) is 5.91 Å². The van der Waals surface area contributed by atoms with E-state index in [0.29, 0.717) is 5.69 Å². The van der Waals surface area contributed by atoms with Crippen molar-refractivity contribution < 1.29 is 19.1 Å². The number of carbonyl (C=O) groups excluding carboxylic acids is 3. The van der Waals surface area contributed by atoms with Gasteiger partial charge in [0.2, 0.25) is 5.91 Å². The van der Waals surface area contributed by atoms with E-state index in [4.69, 9.17) is 4.74 Å². The van der Waals surface area contributed by atoms with Crippen molar-refractivity contribution in [2.75, 3.05) is 23.4 Å². The SMILES string of the molecule is Cc1cccc(N2C[C@H](C(=O)OCC(=O)Nc3ccc(C)c(C)c3)CC2=O)c1. The fourth-order valence-corrected chi connectivity index (χ4v) is 3.18. The van der Waals surface area contributed by atoms with E-state index in [1.54, 1.807) is 11.0 Å². The van der Waals surface area contributed by atoms with Gasteiger partial charge in [-0.2, -0.15) is 0 Å². The van der Waals surface area contributed by atoms with Crippen molar-refractivity contribution >= 4 is 29.2 Å². The van der Waals surface area contributed by atoms with Gasteiger partial charge >= 0.3 is 5.97 Å². The van der Waals surface area contributed by atoms with Crippen LogP contribution in [0.3, 0.4) is 0 Å². The van der Waals surface area contributed by atoms with Crippen molar-refractivity contribution in [2.24, 2.45) is 5.92 Å². The number of hydrogen-bond donors (Lipinski definition) is 1. The topological polar surface area (TPSA) is 75.7 Å². The molecule has 1 heterocycles. The molecule has 0 saturated carbocycles. The molecule has 2 aromatic carbocycles. The van der Waals surface area contributed by atoms with Gasteiger partial charge in [-0.25, -0.2) is 0 Å². The summed E-state index contributed by atoms with van der Waals surface area (Å²) < 4.78 is 5.14. The van der Waals surface area contributed by atoms with Crippen LogP contribution in [0.5, 0.6) is 0 Å². The summed E-state index contributed by atoms with van der Waals surface area (Å²) in [7, 11) is 0. The minimum atomic E-state index is -0.567. The Morgan fingerprint density at radius 3 is 2.61 bits per heavy atom. The molecule has 1 saturated heterocycles. The van der Waals surface area contributed by atoms with Gasteiger partial charge in [-0.1, -0.05) is 18.2 Å². The maximum Gasteiger partial charge on any atom is 0.311 e. The van der Waals surface area contributed by atoms with E-state index < -0.39 is 17.8 Å². The third kappa shape index (κ3) is 4.57. The molecule has 0 radical (unpaired) electrons. The Morgan fingerprint density at radius 1 is 1.11 bits per heavy atom. The van der Waals surface area contributed by atoms with Crippen LogP contribution in [0, 0.1) is 26.7 Å². The van der Waals surface area contributed by atoms with E-state index in [9.17, 15) is 14.4 Å². The highest BCUT2D eigenvalue weighted by Crippen LogP contribution is 2.26. The molecular weight excluding hydrogens is 356 g/mol. The smallest absolute Gasteiger partial charge is 0.311 e. The zero-order valence-electron chi connectivity index (χ0n) is 16.3. The highest BCUT2D eigenvalue weighted by Gasteiger charge is 2.36. The zero-order chi connectivity index (χ0) is 20.3. The van der Waals surface area contributed by atoms with E-state index in [1.807, 2.05) is 57.2 Å². The third-order valence-electron chi connectivity index (χ3n) is 4.91. The van der Waals surface area contributed by atoms with E-state index in [0.717, 1.165) is 22.4 Å². The number of amides is 2. The standard InChI is InChI=1S/C22H24N2O4/c1-14-5-4-6-19(9-14)24-12-17(11-21(24)26)22(27)28-13-20(25)23-18-8-7-15(2)16(3)10-18/h4-10,17H,11-13H2,1-3H3,(H,23,25)/t17-/m1/s1. The highest BCUT2D eigenvalue weighted by atomic mass is 16.5. The zero-order valence-corrected chi connectivity index (χ0v) is 16.3. The third-order valence-corrected chi connectivity index (χ3v) is 4.91. The normalized spacial score (nSPS) is 16.2. The molecule has 0 aromatic heterocycles. The Balaban J connectivity index is 1.53. The largest absolute Gasteiger partial charge is 0.455 e. The van der Waals surface area contributed by atoms with Crippen LogP contribution in [0.4, 0.5) is 11.4 Å². The van der Waals surface area contributed by atoms with Crippen LogP contribution in [-0.4, -0.2) is 30.9 Å². The Bertz CT molecular complexity index is 923. The van der Waals surface area contributed by atoms with Crippen molar-refractivity contribution in [3.63, 3.8) is 0 Å². The molecule has 1 N–H and O–H groups in total. The molecule has 3 rings (SSSR count). The van der Waals surface area contributed by atoms with Gasteiger partial charge in [0.1, 0.15) is 0 Å². The number of aryl methyl sites for hydroxylation is 3. The molecule has 1 fully saturated rings. The summed E-state index contributed by atoms with van der Waals surface area (Å²) in [6.07, 6.45) is 0.0888. The van der Waals surface area contributed by atoms with Crippen molar-refractivity contribution in [3.8, 4) is 0 Å². The predicted molar refractivity (Wildman–Crippen MR) is 107 cm³/mol. The van der Waals surface area contributed by atoms with Crippen LogP contribution in [0.2, 0.25) is 0 Å². The van der Waals surface area contributed by atoms with Crippen molar-refractivity contribution in [2.45, 2.75) is 27.2 Å². The first-order valence-corrected chi connectivity index (χ1v) is 9.24. The lowest BCUT2D eigenvalue weighted by molar-refractivity contribution is -0.151. The summed E-state index contributed by atoms with van der Waals surface area (Å²) in [5, 5.41) is 2.71. The number of anilines is 2. The van der Waals surface area contributed by atoms with Gasteiger partial charge in [0.05, 0.1) is 5.92 Å². The molecule has 1 aliphatic rings. The van der Waals surface area contributed by atoms with Gasteiger partial charge in [-0.15, -0.1) is 0 Å². The van der Waals surface area contributed by atoms with E-state index in [1.165, 1.54) is 0 Å². The van der Waals surface area contributed by atoms with Crippen LogP contribution in [0.1, 0.15) is 23.1 Å². The molecule has 6 heteroatoms. The second kappa shape index (κ2) is 8.25. The Hall–Kier alpha value is -3.15. The lowest BCUT2D eigenvalue weighted by atomic mass is 10.1. The predicted octanol–water partition coefficient (Wildman–Crippen LogP) is 3.15. The summed E-state index contributed by atoms with van der Waals surface area (Å²) in [4.78, 5) is 38.2. The Labute approximate surface area is 164 Å². The molecule has 6 nitrogen and oxygen atoms in total. The van der Waals surface area contributed by atoms with Crippen LogP contribution in [0.25, 0.3) is 0 Å². The molecule has 0 unspecified atom stereocenters. The van der Waals surface area contributed by atoms with Crippen molar-refractivity contribution in [1.29, 1.82) is 0 Å². The fourth-order valence-electron chi connectivity index (χ4n) is 3.18. The maximum atomic E-state index is 12.3. The molecule has 0 aliphatic carbocycles. The minimum absolute atomic E-state index is 0.0888. The number of hydrogen-bond acceptors (Lipinski definition) is 4. The van der Waals surface area contributed by atoms with Gasteiger partial charge in [0, 0.05) is 24.3 Å². The highest BCUT2D eigenvalue weighted by molar-refractivity contribution is 6.00. The Kier molecular flexibility index (Phi) is 5.78. The Morgan fingerprint density at radius 2 is 1.89 bits per heavy atom. The van der Waals surface area contributed by atoms with E-state index in [-0.39, 0.29) is 25.5 Å². The second-order valence-electron chi connectivity index (χ2n) is 7.20. The first kappa shape index (κ1) is 19.6. The summed E-state index contributed by atoms with van der Waals surface area (Å²) in [6.45, 7) is 5.79. The number of benzene rings is 2. The molecular formula is C22H24N2O4. The molecule has 0 spiro atoms. The monoisotopic (exact) mass is 380 g/mol. The second-order valence-corrected chi connectivity index (χ2v) is 7.20. The first-order valence-electron chi connectivity index (χ1n) is 9.24. The lowest BCUT2D eigenvalue weighted by Gasteiger charge is -2.17. The molecule has 2 amide bonds. The average Bonchev–Trinajstić information content (AvgIpc) is 3.05. The van der Waals surface area contributed by atoms with Gasteiger partial charge in [-0.05, 0) is 61.7 Å². The van der Waals surface area contributed by atoms with Crippen LogP contribution >= 0.6 is 0 Å². The molecule has 1 aliphatic heterocycles. The number of nitrogens with one attached hydrogen (secondary N) is 1. The van der Waals surface area contributed by atoms with Gasteiger partial charge < -0.3 is 15.0 Å².